The molecule has 120 valence electrons. The Bertz CT molecular complexity index is 905. The number of carbonyl (C=O) groups excluding carboxylic acids is 1. The van der Waals surface area contributed by atoms with Gasteiger partial charge in [0.25, 0.3) is 5.89 Å². The van der Waals surface area contributed by atoms with Crippen molar-refractivity contribution in [3.05, 3.63) is 59.7 Å². The summed E-state index contributed by atoms with van der Waals surface area (Å²) < 4.78 is 5.41. The number of nitrogens with zero attached hydrogens (tertiary/aromatic N) is 2. The molecule has 3 saturated carbocycles. The first-order valence-electron chi connectivity index (χ1n) is 7.98. The number of nitrogens with one attached hydrogen (secondary N) is 1. The van der Waals surface area contributed by atoms with Gasteiger partial charge in [-0.25, -0.2) is 0 Å². The van der Waals surface area contributed by atoms with Crippen LogP contribution in [0, 0.1) is 0 Å². The Morgan fingerprint density at radius 1 is 1.12 bits per heavy atom. The van der Waals surface area contributed by atoms with E-state index in [0.29, 0.717) is 17.0 Å². The second kappa shape index (κ2) is 4.42. The van der Waals surface area contributed by atoms with E-state index in [1.165, 1.54) is 0 Å². The molecule has 6 rings (SSSR count). The van der Waals surface area contributed by atoms with E-state index in [9.17, 15) is 4.79 Å². The molecule has 0 radical (unpaired) electrons. The van der Waals surface area contributed by atoms with Crippen molar-refractivity contribution < 1.29 is 9.32 Å². The van der Waals surface area contributed by atoms with Crippen LogP contribution in [0.3, 0.4) is 0 Å². The summed E-state index contributed by atoms with van der Waals surface area (Å²) in [6.07, 6.45) is 6.27. The number of aromatic amines is 1. The molecule has 6 heteroatoms. The van der Waals surface area contributed by atoms with Gasteiger partial charge in [0.05, 0.1) is 0 Å². The lowest BCUT2D eigenvalue weighted by molar-refractivity contribution is -0.0664. The number of carbonyl (C=O) groups is 1. The van der Waals surface area contributed by atoms with Crippen molar-refractivity contribution in [1.29, 1.82) is 0 Å². The highest BCUT2D eigenvalue weighted by molar-refractivity contribution is 6.09. The summed E-state index contributed by atoms with van der Waals surface area (Å²) in [5.41, 5.74) is 8.23. The number of nitrogens with two attached hydrogens (primary N) is 1. The van der Waals surface area contributed by atoms with Crippen LogP contribution in [0.2, 0.25) is 0 Å². The first kappa shape index (κ1) is 13.7. The Labute approximate surface area is 138 Å². The van der Waals surface area contributed by atoms with Crippen LogP contribution in [0.25, 0.3) is 11.5 Å². The molecule has 3 N–H and O–H groups in total. The maximum Gasteiger partial charge on any atom is 0.257 e. The van der Waals surface area contributed by atoms with E-state index in [4.69, 9.17) is 10.3 Å². The van der Waals surface area contributed by atoms with Crippen LogP contribution in [0.5, 0.6) is 0 Å². The Hall–Kier alpha value is -2.73. The molecule has 0 amide bonds. The molecule has 3 aliphatic rings. The number of benzene rings is 1. The van der Waals surface area contributed by atoms with Gasteiger partial charge in [0, 0.05) is 40.0 Å². The minimum atomic E-state index is -0.0175. The summed E-state index contributed by atoms with van der Waals surface area (Å²) >= 11 is 0. The molecule has 2 heterocycles. The summed E-state index contributed by atoms with van der Waals surface area (Å²) in [6.45, 7) is 0. The molecule has 0 saturated heterocycles. The highest BCUT2D eigenvalue weighted by Gasteiger charge is 2.68. The SMILES string of the molecule is NC12CC(c3noc(-c4ccc(C(=O)c5cc[nH]c5)cc4)n3)(C1)C2. The Kier molecular flexibility index (Phi) is 2.52. The topological polar surface area (TPSA) is 97.8 Å². The van der Waals surface area contributed by atoms with Crippen LogP contribution in [0.4, 0.5) is 0 Å². The van der Waals surface area contributed by atoms with Crippen molar-refractivity contribution in [3.8, 4) is 11.5 Å². The van der Waals surface area contributed by atoms with E-state index in [0.717, 1.165) is 30.7 Å². The lowest BCUT2D eigenvalue weighted by Crippen LogP contribution is -2.74. The fourth-order valence-corrected chi connectivity index (χ4v) is 4.06. The summed E-state index contributed by atoms with van der Waals surface area (Å²) in [4.78, 5) is 19.7. The van der Waals surface area contributed by atoms with Gasteiger partial charge in [-0.15, -0.1) is 0 Å². The molecular formula is C18H16N4O2. The largest absolute Gasteiger partial charge is 0.367 e. The number of aromatic nitrogens is 3. The van der Waals surface area contributed by atoms with Gasteiger partial charge >= 0.3 is 0 Å². The lowest BCUT2D eigenvalue weighted by Gasteiger charge is -2.67. The molecule has 3 aromatic rings. The summed E-state index contributed by atoms with van der Waals surface area (Å²) in [5.74, 6) is 1.23. The molecule has 2 aromatic heterocycles. The predicted molar refractivity (Wildman–Crippen MR) is 86.4 cm³/mol. The van der Waals surface area contributed by atoms with Crippen LogP contribution in [0.15, 0.2) is 47.2 Å². The van der Waals surface area contributed by atoms with Crippen LogP contribution in [-0.2, 0) is 5.41 Å². The molecule has 0 aliphatic heterocycles. The highest BCUT2D eigenvalue weighted by Crippen LogP contribution is 2.65. The average molecular weight is 320 g/mol. The van der Waals surface area contributed by atoms with E-state index in [-0.39, 0.29) is 16.7 Å². The first-order valence-corrected chi connectivity index (χ1v) is 7.98. The number of ketones is 1. The van der Waals surface area contributed by atoms with Gasteiger partial charge in [-0.2, -0.15) is 4.98 Å². The zero-order valence-corrected chi connectivity index (χ0v) is 13.0. The minimum Gasteiger partial charge on any atom is -0.367 e. The van der Waals surface area contributed by atoms with Crippen molar-refractivity contribution in [2.45, 2.75) is 30.2 Å². The Morgan fingerprint density at radius 2 is 1.88 bits per heavy atom. The summed E-state index contributed by atoms with van der Waals surface area (Å²) in [7, 11) is 0. The van der Waals surface area contributed by atoms with Crippen LogP contribution in [0.1, 0.15) is 41.0 Å². The van der Waals surface area contributed by atoms with Gasteiger partial charge in [-0.05, 0) is 37.5 Å². The zero-order valence-electron chi connectivity index (χ0n) is 13.0. The van der Waals surface area contributed by atoms with Gasteiger partial charge in [-0.3, -0.25) is 4.79 Å². The third kappa shape index (κ3) is 1.83. The Morgan fingerprint density at radius 3 is 2.50 bits per heavy atom. The van der Waals surface area contributed by atoms with E-state index in [1.807, 2.05) is 12.1 Å². The number of rotatable bonds is 4. The van der Waals surface area contributed by atoms with Crippen molar-refractivity contribution in [3.63, 3.8) is 0 Å². The van der Waals surface area contributed by atoms with E-state index in [1.54, 1.807) is 30.6 Å². The Balaban J connectivity index is 1.38. The molecule has 0 spiro atoms. The van der Waals surface area contributed by atoms with Crippen molar-refractivity contribution in [2.75, 3.05) is 0 Å². The van der Waals surface area contributed by atoms with E-state index < -0.39 is 0 Å². The van der Waals surface area contributed by atoms with Crippen molar-refractivity contribution >= 4 is 5.78 Å². The highest BCUT2D eigenvalue weighted by atomic mass is 16.5. The monoisotopic (exact) mass is 320 g/mol. The molecule has 1 aromatic carbocycles. The standard InChI is InChI=1S/C18H16N4O2/c19-18-8-17(9-18,10-18)16-21-15(24-22-16)12-3-1-11(2-4-12)14(23)13-5-6-20-7-13/h1-7,20H,8-10,19H2. The van der Waals surface area contributed by atoms with Gasteiger partial charge in [0.1, 0.15) is 0 Å². The first-order chi connectivity index (χ1) is 11.6. The second-order valence-corrected chi connectivity index (χ2v) is 7.10. The molecule has 3 fully saturated rings. The van der Waals surface area contributed by atoms with Crippen LogP contribution < -0.4 is 5.73 Å². The van der Waals surface area contributed by atoms with Crippen molar-refractivity contribution in [2.24, 2.45) is 5.73 Å². The van der Waals surface area contributed by atoms with Crippen LogP contribution in [-0.4, -0.2) is 26.4 Å². The maximum absolute atomic E-state index is 12.3. The third-order valence-electron chi connectivity index (χ3n) is 5.23. The number of hydrogen-bond donors (Lipinski definition) is 2. The van der Waals surface area contributed by atoms with E-state index in [2.05, 4.69) is 15.1 Å². The molecule has 2 bridgehead atoms. The number of hydrogen-bond acceptors (Lipinski definition) is 5. The molecular weight excluding hydrogens is 304 g/mol. The summed E-state index contributed by atoms with van der Waals surface area (Å²) in [6, 6.07) is 9.00. The average Bonchev–Trinajstić information content (AvgIpc) is 3.22. The molecule has 0 atom stereocenters. The minimum absolute atomic E-state index is 0.0149. The normalized spacial score (nSPS) is 27.4. The lowest BCUT2D eigenvalue weighted by atomic mass is 9.39. The number of H-pyrrole nitrogens is 1. The summed E-state index contributed by atoms with van der Waals surface area (Å²) in [5, 5.41) is 4.14. The van der Waals surface area contributed by atoms with Crippen molar-refractivity contribution in [1.82, 2.24) is 15.1 Å². The third-order valence-corrected chi connectivity index (χ3v) is 5.23. The molecule has 3 aliphatic carbocycles. The van der Waals surface area contributed by atoms with Gasteiger partial charge < -0.3 is 15.2 Å². The van der Waals surface area contributed by atoms with Crippen LogP contribution >= 0.6 is 0 Å². The smallest absolute Gasteiger partial charge is 0.257 e. The quantitative estimate of drug-likeness (QED) is 0.719. The fraction of sp³-hybridized carbons (Fsp3) is 0.278. The molecule has 24 heavy (non-hydrogen) atoms. The predicted octanol–water partition coefficient (Wildman–Crippen LogP) is 2.43. The second-order valence-electron chi connectivity index (χ2n) is 7.10. The fourth-order valence-electron chi connectivity index (χ4n) is 4.06. The maximum atomic E-state index is 12.3. The zero-order chi connectivity index (χ0) is 16.4. The van der Waals surface area contributed by atoms with Gasteiger partial charge in [0.2, 0.25) is 0 Å². The van der Waals surface area contributed by atoms with Gasteiger partial charge in [0.15, 0.2) is 11.6 Å². The molecule has 0 unspecified atom stereocenters. The van der Waals surface area contributed by atoms with E-state index >= 15 is 0 Å². The molecule has 6 nitrogen and oxygen atoms in total. The van der Waals surface area contributed by atoms with Gasteiger partial charge in [-0.1, -0.05) is 17.3 Å².